The molecule has 0 aliphatic carbocycles. The second-order valence-corrected chi connectivity index (χ2v) is 2.10. The molecule has 0 saturated heterocycles. The van der Waals surface area contributed by atoms with Crippen LogP contribution < -0.4 is 5.73 Å². The summed E-state index contributed by atoms with van der Waals surface area (Å²) < 4.78 is 12.8. The lowest BCUT2D eigenvalue weighted by Gasteiger charge is -1.94. The SMILES string of the molecule is Nc1ccc(N=C=S)c(F)c1. The van der Waals surface area contributed by atoms with E-state index in [1.54, 1.807) is 6.07 Å². The predicted molar refractivity (Wildman–Crippen MR) is 45.5 cm³/mol. The summed E-state index contributed by atoms with van der Waals surface area (Å²) in [5.74, 6) is -0.484. The van der Waals surface area contributed by atoms with Gasteiger partial charge in [0, 0.05) is 5.69 Å². The zero-order valence-electron chi connectivity index (χ0n) is 5.54. The van der Waals surface area contributed by atoms with Crippen LogP contribution in [-0.4, -0.2) is 5.16 Å². The lowest BCUT2D eigenvalue weighted by molar-refractivity contribution is 0.631. The number of nitrogen functional groups attached to an aromatic ring is 1. The molecule has 0 aliphatic rings. The molecule has 1 aromatic rings. The Morgan fingerprint density at radius 1 is 1.55 bits per heavy atom. The van der Waals surface area contributed by atoms with Gasteiger partial charge >= 0.3 is 0 Å². The van der Waals surface area contributed by atoms with E-state index in [1.807, 2.05) is 0 Å². The molecular weight excluding hydrogens is 163 g/mol. The van der Waals surface area contributed by atoms with Crippen LogP contribution in [0.25, 0.3) is 0 Å². The third kappa shape index (κ3) is 1.83. The van der Waals surface area contributed by atoms with Crippen LogP contribution in [0, 0.1) is 5.82 Å². The second-order valence-electron chi connectivity index (χ2n) is 1.91. The summed E-state index contributed by atoms with van der Waals surface area (Å²) in [4.78, 5) is 3.48. The molecule has 0 aromatic heterocycles. The summed E-state index contributed by atoms with van der Waals surface area (Å²) in [6.07, 6.45) is 0. The van der Waals surface area contributed by atoms with E-state index in [2.05, 4.69) is 22.4 Å². The lowest BCUT2D eigenvalue weighted by atomic mass is 10.3. The van der Waals surface area contributed by atoms with Gasteiger partial charge < -0.3 is 5.73 Å². The third-order valence-electron chi connectivity index (χ3n) is 1.14. The van der Waals surface area contributed by atoms with E-state index < -0.39 is 5.82 Å². The van der Waals surface area contributed by atoms with Gasteiger partial charge in [0.25, 0.3) is 0 Å². The van der Waals surface area contributed by atoms with Crippen molar-refractivity contribution in [3.05, 3.63) is 24.0 Å². The molecule has 2 nitrogen and oxygen atoms in total. The van der Waals surface area contributed by atoms with Crippen molar-refractivity contribution >= 4 is 28.8 Å². The van der Waals surface area contributed by atoms with Crippen LogP contribution in [0.15, 0.2) is 23.2 Å². The zero-order valence-corrected chi connectivity index (χ0v) is 6.36. The molecule has 1 rings (SSSR count). The normalized spacial score (nSPS) is 8.82. The summed E-state index contributed by atoms with van der Waals surface area (Å²) in [6.45, 7) is 0. The molecule has 1 aromatic carbocycles. The summed E-state index contributed by atoms with van der Waals surface area (Å²) in [6, 6.07) is 4.18. The van der Waals surface area contributed by atoms with E-state index in [0.717, 1.165) is 0 Å². The predicted octanol–water partition coefficient (Wildman–Crippen LogP) is 2.14. The van der Waals surface area contributed by atoms with Crippen LogP contribution in [0.5, 0.6) is 0 Å². The van der Waals surface area contributed by atoms with Crippen molar-refractivity contribution in [1.29, 1.82) is 0 Å². The van der Waals surface area contributed by atoms with Gasteiger partial charge in [0.1, 0.15) is 5.69 Å². The number of aliphatic imine (C=N–C) groups is 1. The first kappa shape index (κ1) is 7.85. The Kier molecular flexibility index (Phi) is 2.31. The molecule has 2 N–H and O–H groups in total. The minimum Gasteiger partial charge on any atom is -0.399 e. The Hall–Kier alpha value is -1.25. The summed E-state index contributed by atoms with van der Waals surface area (Å²) in [5, 5.41) is 2.07. The van der Waals surface area contributed by atoms with Gasteiger partial charge in [-0.3, -0.25) is 0 Å². The standard InChI is InChI=1S/C7H5FN2S/c8-6-3-5(9)1-2-7(6)10-4-11/h1-3H,9H2. The maximum atomic E-state index is 12.8. The first-order valence-corrected chi connectivity index (χ1v) is 3.28. The number of nitrogens with zero attached hydrogens (tertiary/aromatic N) is 1. The first-order chi connectivity index (χ1) is 5.24. The van der Waals surface area contributed by atoms with Crippen molar-refractivity contribution in [1.82, 2.24) is 0 Å². The molecule has 0 unspecified atom stereocenters. The highest BCUT2D eigenvalue weighted by atomic mass is 32.1. The maximum absolute atomic E-state index is 12.8. The molecule has 0 radical (unpaired) electrons. The van der Waals surface area contributed by atoms with E-state index in [9.17, 15) is 4.39 Å². The molecule has 0 heterocycles. The van der Waals surface area contributed by atoms with Crippen molar-refractivity contribution in [2.45, 2.75) is 0 Å². The van der Waals surface area contributed by atoms with Crippen molar-refractivity contribution in [2.24, 2.45) is 4.99 Å². The van der Waals surface area contributed by atoms with Crippen molar-refractivity contribution in [2.75, 3.05) is 5.73 Å². The van der Waals surface area contributed by atoms with E-state index in [-0.39, 0.29) is 5.69 Å². The van der Waals surface area contributed by atoms with Crippen LogP contribution in [0.3, 0.4) is 0 Å². The highest BCUT2D eigenvalue weighted by Crippen LogP contribution is 2.18. The molecule has 11 heavy (non-hydrogen) atoms. The number of nitrogens with two attached hydrogens (primary N) is 1. The van der Waals surface area contributed by atoms with Crippen molar-refractivity contribution in [3.63, 3.8) is 0 Å². The van der Waals surface area contributed by atoms with Gasteiger partial charge in [-0.15, -0.1) is 0 Å². The monoisotopic (exact) mass is 168 g/mol. The third-order valence-corrected chi connectivity index (χ3v) is 1.23. The molecule has 0 fully saturated rings. The fourth-order valence-electron chi connectivity index (χ4n) is 0.663. The van der Waals surface area contributed by atoms with Crippen LogP contribution >= 0.6 is 12.2 Å². The van der Waals surface area contributed by atoms with Crippen molar-refractivity contribution < 1.29 is 4.39 Å². The molecule has 0 bridgehead atoms. The number of anilines is 1. The van der Waals surface area contributed by atoms with Crippen LogP contribution in [-0.2, 0) is 0 Å². The highest BCUT2D eigenvalue weighted by Gasteiger charge is 1.98. The van der Waals surface area contributed by atoms with E-state index in [1.165, 1.54) is 12.1 Å². The number of hydrogen-bond acceptors (Lipinski definition) is 3. The topological polar surface area (TPSA) is 38.4 Å². The van der Waals surface area contributed by atoms with Gasteiger partial charge in [0.2, 0.25) is 0 Å². The molecular formula is C7H5FN2S. The van der Waals surface area contributed by atoms with E-state index in [0.29, 0.717) is 5.69 Å². The van der Waals surface area contributed by atoms with Gasteiger partial charge in [0.05, 0.1) is 5.16 Å². The smallest absolute Gasteiger partial charge is 0.151 e. The molecule has 0 spiro atoms. The van der Waals surface area contributed by atoms with Crippen LogP contribution in [0.2, 0.25) is 0 Å². The molecule has 4 heteroatoms. The highest BCUT2D eigenvalue weighted by molar-refractivity contribution is 7.78. The molecule has 0 aliphatic heterocycles. The van der Waals surface area contributed by atoms with Crippen LogP contribution in [0.1, 0.15) is 0 Å². The van der Waals surface area contributed by atoms with Crippen LogP contribution in [0.4, 0.5) is 15.8 Å². The molecule has 0 saturated carbocycles. The minimum absolute atomic E-state index is 0.161. The van der Waals surface area contributed by atoms with Gasteiger partial charge in [-0.25, -0.2) is 4.39 Å². The van der Waals surface area contributed by atoms with Gasteiger partial charge in [0.15, 0.2) is 5.82 Å². The van der Waals surface area contributed by atoms with Gasteiger partial charge in [-0.1, -0.05) is 0 Å². The Balaban J connectivity index is 3.19. The quantitative estimate of drug-likeness (QED) is 0.396. The fourth-order valence-corrected chi connectivity index (χ4v) is 0.761. The summed E-state index contributed by atoms with van der Waals surface area (Å²) in [7, 11) is 0. The lowest BCUT2D eigenvalue weighted by Crippen LogP contribution is -1.84. The number of halogens is 1. The van der Waals surface area contributed by atoms with E-state index in [4.69, 9.17) is 5.73 Å². The Bertz CT molecular complexity index is 318. The maximum Gasteiger partial charge on any atom is 0.151 e. The molecule has 0 amide bonds. The Labute approximate surface area is 68.6 Å². The van der Waals surface area contributed by atoms with Gasteiger partial charge in [-0.05, 0) is 30.4 Å². The minimum atomic E-state index is -0.484. The Morgan fingerprint density at radius 3 is 2.82 bits per heavy atom. The summed E-state index contributed by atoms with van der Waals surface area (Å²) >= 11 is 4.31. The number of hydrogen-bond donors (Lipinski definition) is 1. The zero-order chi connectivity index (χ0) is 8.27. The van der Waals surface area contributed by atoms with Gasteiger partial charge in [-0.2, -0.15) is 4.99 Å². The van der Waals surface area contributed by atoms with Crippen molar-refractivity contribution in [3.8, 4) is 0 Å². The first-order valence-electron chi connectivity index (χ1n) is 2.87. The van der Waals surface area contributed by atoms with E-state index >= 15 is 0 Å². The number of benzene rings is 1. The number of thiocarbonyl (C=S) groups is 1. The molecule has 56 valence electrons. The fraction of sp³-hybridized carbons (Fsp3) is 0. The number of isothiocyanates is 1. The second kappa shape index (κ2) is 3.23. The Morgan fingerprint density at radius 2 is 2.27 bits per heavy atom. The number of rotatable bonds is 1. The average molecular weight is 168 g/mol. The largest absolute Gasteiger partial charge is 0.399 e. The summed E-state index contributed by atoms with van der Waals surface area (Å²) in [5.41, 5.74) is 5.82. The molecule has 0 atom stereocenters. The average Bonchev–Trinajstić information content (AvgIpc) is 1.95.